The van der Waals surface area contributed by atoms with E-state index in [1.54, 1.807) is 0 Å². The van der Waals surface area contributed by atoms with E-state index < -0.39 is 0 Å². The Labute approximate surface area is 84.1 Å². The van der Waals surface area contributed by atoms with Crippen LogP contribution in [0.4, 0.5) is 0 Å². The van der Waals surface area contributed by atoms with Gasteiger partial charge in [0.25, 0.3) is 0 Å². The van der Waals surface area contributed by atoms with Gasteiger partial charge in [-0.1, -0.05) is 0 Å². The first-order chi connectivity index (χ1) is 1.41. The maximum atomic E-state index is 5.86. The van der Waals surface area contributed by atoms with Gasteiger partial charge in [0, 0.05) is 0 Å². The van der Waals surface area contributed by atoms with Crippen molar-refractivity contribution in [3.05, 3.63) is 0 Å². The second-order valence-electron chi connectivity index (χ2n) is 0.167. The Bertz CT molecular complexity index is 13.5. The molecule has 0 atom stereocenters. The summed E-state index contributed by atoms with van der Waals surface area (Å²) in [7, 11) is 0. The molecule has 0 aromatic carbocycles. The van der Waals surface area contributed by atoms with Crippen LogP contribution >= 0.6 is 0 Å². The topological polar surface area (TPSA) is 49.9 Å². The Balaban J connectivity index is 0. The van der Waals surface area contributed by atoms with Gasteiger partial charge in [-0.25, -0.2) is 0 Å². The average Bonchev–Trinajstić information content (AvgIpc) is 0.918. The number of hydrogen-bond donors (Lipinski definition) is 2. The van der Waals surface area contributed by atoms with E-state index in [1.165, 1.54) is 0 Å². The van der Waals surface area contributed by atoms with Gasteiger partial charge >= 0.3 is 68.9 Å². The summed E-state index contributed by atoms with van der Waals surface area (Å²) in [6.45, 7) is 0. The molecule has 0 aliphatic carbocycles. The molecule has 0 unspecified atom stereocenters. The van der Waals surface area contributed by atoms with Gasteiger partial charge in [0.1, 0.15) is 0 Å². The molecule has 0 aliphatic rings. The normalized spacial score (nSPS) is 3.00. The third kappa shape index (κ3) is 9.67. The fourth-order valence-corrected chi connectivity index (χ4v) is 0. The molecule has 3 heteroatoms. The van der Waals surface area contributed by atoms with Gasteiger partial charge in [-0.05, 0) is 0 Å². The molecule has 0 amide bonds. The Hall–Kier alpha value is 1.52. The zero-order valence-electron chi connectivity index (χ0n) is 1.65. The van der Waals surface area contributed by atoms with Crippen molar-refractivity contribution in [1.82, 2.24) is 0 Å². The third-order valence-corrected chi connectivity index (χ3v) is 0. The second kappa shape index (κ2) is 8.82. The minimum atomic E-state index is 0. The predicted octanol–water partition coefficient (Wildman–Crippen LogP) is -1.10. The first-order valence-electron chi connectivity index (χ1n) is 0.622. The van der Waals surface area contributed by atoms with E-state index in [9.17, 15) is 0 Å². The molecule has 3 N–H and O–H groups in total. The molecule has 0 saturated carbocycles. The molecular formula is CH5CsN2. The summed E-state index contributed by atoms with van der Waals surface area (Å²) < 4.78 is 0. The number of nitrogens with one attached hydrogen (secondary N) is 1. The summed E-state index contributed by atoms with van der Waals surface area (Å²) in [6.07, 6.45) is 0.750. The predicted molar refractivity (Wildman–Crippen MR) is 20.1 cm³/mol. The standard InChI is InChI=1S/CH4N2.Cs.H/c2-1-3;;/h1H,(H3,2,3);;. The van der Waals surface area contributed by atoms with Crippen LogP contribution in [-0.4, -0.2) is 75.2 Å². The minimum absolute atomic E-state index is 0. The van der Waals surface area contributed by atoms with Crippen molar-refractivity contribution in [2.75, 3.05) is 0 Å². The molecule has 4 heavy (non-hydrogen) atoms. The van der Waals surface area contributed by atoms with Crippen LogP contribution in [0.3, 0.4) is 0 Å². The second-order valence-corrected chi connectivity index (χ2v) is 0.167. The van der Waals surface area contributed by atoms with Crippen molar-refractivity contribution >= 4 is 75.2 Å². The Morgan fingerprint density at radius 2 is 1.75 bits per heavy atom. The molecule has 0 bridgehead atoms. The summed E-state index contributed by atoms with van der Waals surface area (Å²) >= 11 is 0. The quantitative estimate of drug-likeness (QED) is 0.359. The molecule has 0 saturated heterocycles. The third-order valence-electron chi connectivity index (χ3n) is 0. The molecule has 2 nitrogen and oxygen atoms in total. The van der Waals surface area contributed by atoms with E-state index in [4.69, 9.17) is 5.41 Å². The fourth-order valence-electron chi connectivity index (χ4n) is 0. The summed E-state index contributed by atoms with van der Waals surface area (Å²) in [5.41, 5.74) is 4.39. The summed E-state index contributed by atoms with van der Waals surface area (Å²) in [5.74, 6) is 0. The van der Waals surface area contributed by atoms with Gasteiger partial charge in [0.05, 0.1) is 6.34 Å². The molecule has 0 rings (SSSR count). The van der Waals surface area contributed by atoms with Crippen LogP contribution in [0.1, 0.15) is 0 Å². The van der Waals surface area contributed by atoms with Gasteiger partial charge in [0.15, 0.2) is 0 Å². The summed E-state index contributed by atoms with van der Waals surface area (Å²) in [6, 6.07) is 0. The van der Waals surface area contributed by atoms with Crippen molar-refractivity contribution in [2.24, 2.45) is 5.73 Å². The van der Waals surface area contributed by atoms with Crippen LogP contribution in [0.25, 0.3) is 0 Å². The van der Waals surface area contributed by atoms with Crippen LogP contribution < -0.4 is 5.73 Å². The molecule has 0 heterocycles. The summed E-state index contributed by atoms with van der Waals surface area (Å²) in [5, 5.41) is 5.86. The van der Waals surface area contributed by atoms with Crippen LogP contribution in [-0.2, 0) is 0 Å². The zero-order chi connectivity index (χ0) is 2.71. The molecule has 0 spiro atoms. The number of hydrogen-bond acceptors (Lipinski definition) is 1. The zero-order valence-corrected chi connectivity index (χ0v) is 1.65. The molecule has 0 aromatic rings. The van der Waals surface area contributed by atoms with Crippen LogP contribution in [0.2, 0.25) is 0 Å². The summed E-state index contributed by atoms with van der Waals surface area (Å²) in [4.78, 5) is 0. The molecule has 0 fully saturated rings. The van der Waals surface area contributed by atoms with Gasteiger partial charge in [-0.3, -0.25) is 5.41 Å². The SMILES string of the molecule is N=CN.[CsH]. The van der Waals surface area contributed by atoms with Crippen LogP contribution in [0.5, 0.6) is 0 Å². The monoisotopic (exact) mass is 178 g/mol. The Morgan fingerprint density at radius 1 is 1.75 bits per heavy atom. The van der Waals surface area contributed by atoms with Gasteiger partial charge in [0.2, 0.25) is 0 Å². The van der Waals surface area contributed by atoms with E-state index in [1.807, 2.05) is 0 Å². The van der Waals surface area contributed by atoms with Crippen molar-refractivity contribution in [3.63, 3.8) is 0 Å². The first kappa shape index (κ1) is 9.10. The molecular weight excluding hydrogens is 173 g/mol. The van der Waals surface area contributed by atoms with Crippen LogP contribution in [0, 0.1) is 5.41 Å². The van der Waals surface area contributed by atoms with Crippen molar-refractivity contribution in [3.8, 4) is 0 Å². The molecule has 0 aliphatic heterocycles. The van der Waals surface area contributed by atoms with Crippen molar-refractivity contribution in [2.45, 2.75) is 0 Å². The van der Waals surface area contributed by atoms with Crippen molar-refractivity contribution in [1.29, 1.82) is 5.41 Å². The van der Waals surface area contributed by atoms with Crippen LogP contribution in [0.15, 0.2) is 0 Å². The Morgan fingerprint density at radius 3 is 1.75 bits per heavy atom. The van der Waals surface area contributed by atoms with E-state index >= 15 is 0 Å². The van der Waals surface area contributed by atoms with Gasteiger partial charge < -0.3 is 5.73 Å². The van der Waals surface area contributed by atoms with Gasteiger partial charge in [-0.15, -0.1) is 0 Å². The maximum absolute atomic E-state index is 5.86. The number of rotatable bonds is 0. The molecule has 0 radical (unpaired) electrons. The van der Waals surface area contributed by atoms with Crippen molar-refractivity contribution < 1.29 is 0 Å². The van der Waals surface area contributed by atoms with E-state index in [0.29, 0.717) is 0 Å². The average molecular weight is 178 g/mol. The fraction of sp³-hybridized carbons (Fsp3) is 0. The van der Waals surface area contributed by atoms with Gasteiger partial charge in [-0.2, -0.15) is 0 Å². The first-order valence-corrected chi connectivity index (χ1v) is 0.622. The Kier molecular flexibility index (Phi) is 20.1. The van der Waals surface area contributed by atoms with E-state index in [-0.39, 0.29) is 68.9 Å². The molecule has 0 aromatic heterocycles. The van der Waals surface area contributed by atoms with E-state index in [2.05, 4.69) is 5.73 Å². The van der Waals surface area contributed by atoms with E-state index in [0.717, 1.165) is 6.34 Å². The molecule has 20 valence electrons. The number of nitrogens with two attached hydrogens (primary N) is 1.